The van der Waals surface area contributed by atoms with Gasteiger partial charge in [-0.3, -0.25) is 4.98 Å². The fraction of sp³-hybridized carbons (Fsp3) is 0.469. The minimum Gasteiger partial charge on any atom is -0.479 e. The van der Waals surface area contributed by atoms with Crippen molar-refractivity contribution < 1.29 is 28.2 Å². The molecule has 0 saturated carbocycles. The molecule has 0 aliphatic carbocycles. The van der Waals surface area contributed by atoms with Crippen LogP contribution in [-0.4, -0.2) is 46.3 Å². The van der Waals surface area contributed by atoms with Gasteiger partial charge in [0.25, 0.3) is 0 Å². The monoisotopic (exact) mass is 567 g/mol. The normalized spacial score (nSPS) is 16.0. The van der Waals surface area contributed by atoms with Gasteiger partial charge in [0.2, 0.25) is 5.88 Å². The van der Waals surface area contributed by atoms with E-state index in [1.807, 2.05) is 20.8 Å². The molecule has 3 heterocycles. The van der Waals surface area contributed by atoms with Gasteiger partial charge in [-0.2, -0.15) is 0 Å². The predicted molar refractivity (Wildman–Crippen MR) is 154 cm³/mol. The summed E-state index contributed by atoms with van der Waals surface area (Å²) in [5, 5.41) is 10.3. The maximum Gasteiger partial charge on any atom is 0.337 e. The molecule has 0 bridgehead atoms. The Hall–Kier alpha value is -3.59. The van der Waals surface area contributed by atoms with Crippen LogP contribution in [0.2, 0.25) is 0 Å². The Balaban J connectivity index is 1.72. The molecule has 3 aromatic rings. The van der Waals surface area contributed by atoms with Crippen molar-refractivity contribution >= 4 is 11.7 Å². The molecule has 0 radical (unpaired) electrons. The Morgan fingerprint density at radius 3 is 2.44 bits per heavy atom. The summed E-state index contributed by atoms with van der Waals surface area (Å²) >= 11 is 0. The number of aryl methyl sites for hydroxylation is 1. The van der Waals surface area contributed by atoms with Gasteiger partial charge in [-0.25, -0.2) is 18.6 Å². The number of carboxylic acids is 1. The molecule has 41 heavy (non-hydrogen) atoms. The lowest BCUT2D eigenvalue weighted by atomic mass is 9.82. The molecule has 2 aromatic heterocycles. The van der Waals surface area contributed by atoms with Gasteiger partial charge in [0.15, 0.2) is 11.9 Å². The fourth-order valence-electron chi connectivity index (χ4n) is 5.03. The number of benzene rings is 1. The number of pyridine rings is 2. The van der Waals surface area contributed by atoms with Crippen LogP contribution in [-0.2, 0) is 16.0 Å². The first kappa shape index (κ1) is 30.4. The highest BCUT2D eigenvalue weighted by molar-refractivity contribution is 5.86. The number of aliphatic carboxylic acids is 1. The fourth-order valence-corrected chi connectivity index (χ4v) is 5.03. The molecule has 1 atom stereocenters. The van der Waals surface area contributed by atoms with Crippen molar-refractivity contribution in [3.8, 4) is 17.0 Å². The number of aromatic nitrogens is 2. The molecule has 1 fully saturated rings. The highest BCUT2D eigenvalue weighted by Gasteiger charge is 2.36. The van der Waals surface area contributed by atoms with Crippen molar-refractivity contribution in [3.63, 3.8) is 0 Å². The van der Waals surface area contributed by atoms with Gasteiger partial charge in [0.05, 0.1) is 17.9 Å². The van der Waals surface area contributed by atoms with Gasteiger partial charge in [-0.15, -0.1) is 0 Å². The quantitative estimate of drug-likeness (QED) is 0.300. The third-order valence-corrected chi connectivity index (χ3v) is 7.32. The number of carboxylic acid groups (broad SMARTS) is 1. The topological polar surface area (TPSA) is 84.8 Å². The summed E-state index contributed by atoms with van der Waals surface area (Å²) in [4.78, 5) is 23.5. The van der Waals surface area contributed by atoms with Crippen molar-refractivity contribution in [2.75, 3.05) is 24.6 Å². The molecule has 0 amide bonds. The number of nitrogens with zero attached hydrogens (tertiary/aromatic N) is 3. The standard InChI is InChI=1S/C32H39F2N3O4/c1-20-26(28(30(38)39)41-31(2,3)4)27(37-13-11-32(5,6)12-14-37)24(19-35-20)22-17-25(34)29(36-18-22)40-15-10-21-8-7-9-23(33)16-21/h7-9,16-19,28H,10-15H2,1-6H3,(H,38,39)/t28-/m0/s1. The Bertz CT molecular complexity index is 1390. The summed E-state index contributed by atoms with van der Waals surface area (Å²) in [6, 6.07) is 7.50. The third kappa shape index (κ3) is 7.58. The lowest BCUT2D eigenvalue weighted by Gasteiger charge is -2.40. The smallest absolute Gasteiger partial charge is 0.337 e. The summed E-state index contributed by atoms with van der Waals surface area (Å²) in [6.07, 6.45) is 4.10. The molecular weight excluding hydrogens is 528 g/mol. The van der Waals surface area contributed by atoms with E-state index in [1.165, 1.54) is 24.4 Å². The van der Waals surface area contributed by atoms with Gasteiger partial charge < -0.3 is 19.5 Å². The van der Waals surface area contributed by atoms with Crippen LogP contribution in [0.15, 0.2) is 42.7 Å². The van der Waals surface area contributed by atoms with Crippen molar-refractivity contribution in [1.29, 1.82) is 0 Å². The second kappa shape index (κ2) is 12.1. The van der Waals surface area contributed by atoms with Gasteiger partial charge in [-0.05, 0) is 69.7 Å². The lowest BCUT2D eigenvalue weighted by molar-refractivity contribution is -0.160. The average molecular weight is 568 g/mol. The van der Waals surface area contributed by atoms with Crippen LogP contribution in [0.5, 0.6) is 5.88 Å². The number of anilines is 1. The van der Waals surface area contributed by atoms with Crippen molar-refractivity contribution in [3.05, 3.63) is 71.2 Å². The van der Waals surface area contributed by atoms with E-state index < -0.39 is 23.5 Å². The zero-order valence-corrected chi connectivity index (χ0v) is 24.6. The van der Waals surface area contributed by atoms with E-state index in [9.17, 15) is 14.3 Å². The van der Waals surface area contributed by atoms with Crippen LogP contribution in [0.3, 0.4) is 0 Å². The number of hydrogen-bond acceptors (Lipinski definition) is 6. The first-order chi connectivity index (χ1) is 19.2. The summed E-state index contributed by atoms with van der Waals surface area (Å²) in [5.41, 5.74) is 2.86. The molecule has 4 rings (SSSR count). The Kier molecular flexibility index (Phi) is 8.97. The minimum absolute atomic E-state index is 0.127. The van der Waals surface area contributed by atoms with Gasteiger partial charge in [0, 0.05) is 54.3 Å². The van der Waals surface area contributed by atoms with E-state index in [1.54, 1.807) is 25.3 Å². The SMILES string of the molecule is Cc1ncc(-c2cnc(OCCc3cccc(F)c3)c(F)c2)c(N2CCC(C)(C)CC2)c1[C@H](OC(C)(C)C)C(=O)O. The van der Waals surface area contributed by atoms with Gasteiger partial charge >= 0.3 is 5.97 Å². The van der Waals surface area contributed by atoms with Crippen LogP contribution < -0.4 is 9.64 Å². The average Bonchev–Trinajstić information content (AvgIpc) is 2.88. The molecule has 1 saturated heterocycles. The van der Waals surface area contributed by atoms with E-state index in [4.69, 9.17) is 9.47 Å². The lowest BCUT2D eigenvalue weighted by Crippen LogP contribution is -2.39. The Morgan fingerprint density at radius 2 is 1.83 bits per heavy atom. The second-order valence-electron chi connectivity index (χ2n) is 12.4. The summed E-state index contributed by atoms with van der Waals surface area (Å²) in [5.74, 6) is -2.28. The molecule has 1 N–H and O–H groups in total. The number of piperidine rings is 1. The van der Waals surface area contributed by atoms with Crippen LogP contribution in [0.25, 0.3) is 11.1 Å². The number of carbonyl (C=O) groups is 1. The molecule has 220 valence electrons. The van der Waals surface area contributed by atoms with Crippen LogP contribution in [0, 0.1) is 24.0 Å². The number of ether oxygens (including phenoxy) is 2. The molecule has 1 aliphatic heterocycles. The summed E-state index contributed by atoms with van der Waals surface area (Å²) in [6.45, 7) is 13.2. The van der Waals surface area contributed by atoms with Gasteiger partial charge in [0.1, 0.15) is 5.82 Å². The Morgan fingerprint density at radius 1 is 1.12 bits per heavy atom. The summed E-state index contributed by atoms with van der Waals surface area (Å²) < 4.78 is 40.4. The molecule has 0 unspecified atom stereocenters. The molecule has 1 aromatic carbocycles. The minimum atomic E-state index is -1.27. The van der Waals surface area contributed by atoms with Crippen molar-refractivity contribution in [1.82, 2.24) is 9.97 Å². The Labute approximate surface area is 240 Å². The molecule has 9 heteroatoms. The van der Waals surface area contributed by atoms with E-state index in [0.29, 0.717) is 47.6 Å². The largest absolute Gasteiger partial charge is 0.479 e. The predicted octanol–water partition coefficient (Wildman–Crippen LogP) is 6.92. The van der Waals surface area contributed by atoms with Crippen molar-refractivity contribution in [2.45, 2.75) is 72.5 Å². The number of rotatable bonds is 9. The number of halogens is 2. The molecular formula is C32H39F2N3O4. The van der Waals surface area contributed by atoms with E-state index >= 15 is 4.39 Å². The number of hydrogen-bond donors (Lipinski definition) is 1. The van der Waals surface area contributed by atoms with Gasteiger partial charge in [-0.1, -0.05) is 26.0 Å². The maximum atomic E-state index is 15.3. The van der Waals surface area contributed by atoms with Crippen LogP contribution >= 0.6 is 0 Å². The first-order valence-electron chi connectivity index (χ1n) is 13.9. The second-order valence-corrected chi connectivity index (χ2v) is 12.4. The third-order valence-electron chi connectivity index (χ3n) is 7.32. The highest BCUT2D eigenvalue weighted by atomic mass is 19.1. The van der Waals surface area contributed by atoms with Crippen molar-refractivity contribution in [2.24, 2.45) is 5.41 Å². The highest BCUT2D eigenvalue weighted by Crippen LogP contribution is 2.43. The first-order valence-corrected chi connectivity index (χ1v) is 13.9. The van der Waals surface area contributed by atoms with E-state index in [0.717, 1.165) is 18.4 Å². The molecule has 1 aliphatic rings. The van der Waals surface area contributed by atoms with E-state index in [2.05, 4.69) is 28.7 Å². The summed E-state index contributed by atoms with van der Waals surface area (Å²) in [7, 11) is 0. The molecule has 0 spiro atoms. The zero-order valence-electron chi connectivity index (χ0n) is 24.6. The molecule has 7 nitrogen and oxygen atoms in total. The van der Waals surface area contributed by atoms with E-state index in [-0.39, 0.29) is 23.7 Å². The van der Waals surface area contributed by atoms with Crippen LogP contribution in [0.4, 0.5) is 14.5 Å². The van der Waals surface area contributed by atoms with Crippen LogP contribution in [0.1, 0.15) is 70.4 Å². The maximum absolute atomic E-state index is 15.3. The zero-order chi connectivity index (χ0) is 29.9.